The minimum atomic E-state index is -3.90. The van der Waals surface area contributed by atoms with E-state index < -0.39 is 27.3 Å². The number of halogens is 1. The largest absolute Gasteiger partial charge is 0.490 e. The maximum Gasteiger partial charge on any atom is 0.264 e. The molecule has 1 amide bonds. The van der Waals surface area contributed by atoms with Gasteiger partial charge in [0.1, 0.15) is 5.75 Å². The molecule has 1 spiro atoms. The summed E-state index contributed by atoms with van der Waals surface area (Å²) in [5.41, 5.74) is 3.38. The number of nitrogens with zero attached hydrogens (tertiary/aromatic N) is 1. The van der Waals surface area contributed by atoms with Crippen molar-refractivity contribution < 1.29 is 23.1 Å². The molecule has 43 heavy (non-hydrogen) atoms. The van der Waals surface area contributed by atoms with Crippen molar-refractivity contribution in [1.29, 1.82) is 0 Å². The highest BCUT2D eigenvalue weighted by molar-refractivity contribution is 7.90. The Kier molecular flexibility index (Phi) is 7.54. The number of amides is 1. The summed E-state index contributed by atoms with van der Waals surface area (Å²) in [7, 11) is -3.90. The number of carbonyl (C=O) groups is 1. The molecule has 2 heterocycles. The molecule has 0 unspecified atom stereocenters. The maximum atomic E-state index is 13.5. The Labute approximate surface area is 259 Å². The smallest absolute Gasteiger partial charge is 0.264 e. The van der Waals surface area contributed by atoms with E-state index in [0.29, 0.717) is 36.8 Å². The molecule has 7 nitrogen and oxygen atoms in total. The fraction of sp³-hybridized carbons (Fsp3) is 0.559. The van der Waals surface area contributed by atoms with Gasteiger partial charge in [0.05, 0.1) is 23.6 Å². The molecule has 2 aromatic carbocycles. The standard InChI is InChI=1S/C34H41ClN2O5S/c1-21-22-4-2-6-32(21)43(40,41)36-33(39)24-9-14-31-29(17-24)37(18-25-7-11-27(25)30(38)13-8-22)19-34(20-42-31)15-3-5-23-16-26(35)10-12-28(23)34/h8-10,12-14,16-17,21-22,25,27,30,32,38H,2-7,11,15,18-20H2,1H3,(H,36,39)/b13-8+/t21-,22-,25+,27-,30+,32+,34+/m1/s1. The topological polar surface area (TPSA) is 95.9 Å². The van der Waals surface area contributed by atoms with Crippen LogP contribution in [-0.2, 0) is 21.9 Å². The third kappa shape index (κ3) is 5.27. The molecule has 7 atom stereocenters. The molecule has 2 N–H and O–H groups in total. The fourth-order valence-electron chi connectivity index (χ4n) is 8.54. The van der Waals surface area contributed by atoms with Crippen LogP contribution in [0.4, 0.5) is 5.69 Å². The summed E-state index contributed by atoms with van der Waals surface area (Å²) in [6, 6.07) is 11.5. The van der Waals surface area contributed by atoms with Gasteiger partial charge >= 0.3 is 0 Å². The predicted molar refractivity (Wildman–Crippen MR) is 168 cm³/mol. The minimum Gasteiger partial charge on any atom is -0.490 e. The van der Waals surface area contributed by atoms with E-state index in [9.17, 15) is 18.3 Å². The summed E-state index contributed by atoms with van der Waals surface area (Å²) in [6.45, 7) is 3.89. The number of hydrogen-bond donors (Lipinski definition) is 2. The van der Waals surface area contributed by atoms with Crippen molar-refractivity contribution in [2.24, 2.45) is 23.7 Å². The lowest BCUT2D eigenvalue weighted by molar-refractivity contribution is 0.0452. The van der Waals surface area contributed by atoms with Crippen LogP contribution in [0.1, 0.15) is 73.4 Å². The van der Waals surface area contributed by atoms with Crippen LogP contribution in [0, 0.1) is 23.7 Å². The van der Waals surface area contributed by atoms with Gasteiger partial charge < -0.3 is 14.7 Å². The summed E-state index contributed by atoms with van der Waals surface area (Å²) in [4.78, 5) is 15.9. The van der Waals surface area contributed by atoms with Crippen molar-refractivity contribution in [3.8, 4) is 5.75 Å². The Bertz CT molecular complexity index is 1560. The third-order valence-electron chi connectivity index (χ3n) is 11.1. The van der Waals surface area contributed by atoms with Gasteiger partial charge in [-0.3, -0.25) is 4.79 Å². The molecule has 5 aliphatic rings. The number of aryl methyl sites for hydroxylation is 1. The van der Waals surface area contributed by atoms with Crippen LogP contribution in [-0.4, -0.2) is 50.5 Å². The number of hydrogen-bond acceptors (Lipinski definition) is 6. The van der Waals surface area contributed by atoms with Crippen LogP contribution in [0.25, 0.3) is 0 Å². The molecule has 4 bridgehead atoms. The zero-order valence-corrected chi connectivity index (χ0v) is 26.2. The Morgan fingerprint density at radius 3 is 2.74 bits per heavy atom. The number of fused-ring (bicyclic) bond motifs is 6. The number of sulfonamides is 1. The van der Waals surface area contributed by atoms with Gasteiger partial charge in [0, 0.05) is 29.1 Å². The number of nitrogens with one attached hydrogen (secondary N) is 1. The first-order chi connectivity index (χ1) is 20.6. The van der Waals surface area contributed by atoms with Crippen LogP contribution in [0.3, 0.4) is 0 Å². The number of rotatable bonds is 0. The number of aliphatic hydroxyl groups is 1. The number of benzene rings is 2. The molecule has 2 fully saturated rings. The summed E-state index contributed by atoms with van der Waals surface area (Å²) in [5.74, 6) is 0.396. The summed E-state index contributed by atoms with van der Waals surface area (Å²) in [5, 5.41) is 11.4. The second-order valence-electron chi connectivity index (χ2n) is 13.6. The van der Waals surface area contributed by atoms with Crippen molar-refractivity contribution in [3.05, 3.63) is 70.3 Å². The van der Waals surface area contributed by atoms with Crippen molar-refractivity contribution in [2.75, 3.05) is 24.6 Å². The first kappa shape index (κ1) is 29.2. The summed E-state index contributed by atoms with van der Waals surface area (Å²) < 4.78 is 36.0. The molecule has 0 aromatic heterocycles. The fourth-order valence-corrected chi connectivity index (χ4v) is 10.5. The number of allylic oxidation sites excluding steroid dienone is 1. The average Bonchev–Trinajstić information content (AvgIpc) is 3.11. The number of ether oxygens (including phenoxy) is 1. The van der Waals surface area contributed by atoms with Gasteiger partial charge in [0.25, 0.3) is 5.91 Å². The Balaban J connectivity index is 1.30. The van der Waals surface area contributed by atoms with E-state index in [-0.39, 0.29) is 23.2 Å². The quantitative estimate of drug-likeness (QED) is 0.369. The number of aliphatic hydroxyl groups excluding tert-OH is 1. The summed E-state index contributed by atoms with van der Waals surface area (Å²) >= 11 is 6.40. The van der Waals surface area contributed by atoms with Gasteiger partial charge in [-0.2, -0.15) is 0 Å². The lowest BCUT2D eigenvalue weighted by Gasteiger charge is -2.45. The van der Waals surface area contributed by atoms with Gasteiger partial charge in [-0.1, -0.05) is 43.2 Å². The zero-order valence-electron chi connectivity index (χ0n) is 24.7. The Morgan fingerprint density at radius 1 is 1.07 bits per heavy atom. The maximum absolute atomic E-state index is 13.5. The zero-order chi connectivity index (χ0) is 29.9. The third-order valence-corrected chi connectivity index (χ3v) is 13.3. The minimum absolute atomic E-state index is 0.0416. The molecule has 7 rings (SSSR count). The van der Waals surface area contributed by atoms with E-state index in [1.807, 2.05) is 31.2 Å². The predicted octanol–water partition coefficient (Wildman–Crippen LogP) is 5.63. The molecule has 230 valence electrons. The van der Waals surface area contributed by atoms with Gasteiger partial charge in [-0.05, 0) is 110 Å². The van der Waals surface area contributed by atoms with Crippen LogP contribution in [0.5, 0.6) is 5.75 Å². The molecule has 9 heteroatoms. The molecule has 2 saturated carbocycles. The van der Waals surface area contributed by atoms with Crippen molar-refractivity contribution >= 4 is 33.2 Å². The normalized spacial score (nSPS) is 35.8. The lowest BCUT2D eigenvalue weighted by atomic mass is 9.68. The van der Waals surface area contributed by atoms with Crippen LogP contribution >= 0.6 is 11.6 Å². The van der Waals surface area contributed by atoms with Crippen LogP contribution in [0.15, 0.2) is 48.6 Å². The molecule has 0 saturated heterocycles. The molecule has 0 radical (unpaired) electrons. The van der Waals surface area contributed by atoms with E-state index >= 15 is 0 Å². The Hall–Kier alpha value is -2.55. The molecule has 3 aliphatic carbocycles. The highest BCUT2D eigenvalue weighted by Crippen LogP contribution is 2.47. The average molecular weight is 625 g/mol. The highest BCUT2D eigenvalue weighted by Gasteiger charge is 2.45. The second-order valence-corrected chi connectivity index (χ2v) is 16.0. The van der Waals surface area contributed by atoms with Crippen molar-refractivity contribution in [1.82, 2.24) is 4.72 Å². The van der Waals surface area contributed by atoms with E-state index in [1.165, 1.54) is 11.1 Å². The van der Waals surface area contributed by atoms with E-state index in [2.05, 4.69) is 21.8 Å². The number of anilines is 1. The van der Waals surface area contributed by atoms with E-state index in [1.54, 1.807) is 12.1 Å². The van der Waals surface area contributed by atoms with Crippen LogP contribution < -0.4 is 14.4 Å². The van der Waals surface area contributed by atoms with E-state index in [4.69, 9.17) is 16.3 Å². The van der Waals surface area contributed by atoms with Crippen molar-refractivity contribution in [3.63, 3.8) is 0 Å². The monoisotopic (exact) mass is 624 g/mol. The van der Waals surface area contributed by atoms with Crippen molar-refractivity contribution in [2.45, 2.75) is 75.1 Å². The van der Waals surface area contributed by atoms with E-state index in [0.717, 1.165) is 62.2 Å². The van der Waals surface area contributed by atoms with Gasteiger partial charge in [0.2, 0.25) is 10.0 Å². The Morgan fingerprint density at radius 2 is 1.93 bits per heavy atom. The highest BCUT2D eigenvalue weighted by atomic mass is 35.5. The second kappa shape index (κ2) is 11.1. The summed E-state index contributed by atoms with van der Waals surface area (Å²) in [6.07, 6.45) is 10.5. The molecular formula is C34H41ClN2O5S. The SMILES string of the molecule is C[C@@H]1[C@H]2/C=C/[C@H](O)[C@@H]3CC[C@H]3CN3C[C@@]4(CCCc5cc(Cl)ccc54)COc4ccc(cc43)C(=O)NS(=O)(=O)[C@H]1CCC2. The molecular weight excluding hydrogens is 584 g/mol. The first-order valence-electron chi connectivity index (χ1n) is 15.9. The van der Waals surface area contributed by atoms with Crippen LogP contribution in [0.2, 0.25) is 5.02 Å². The lowest BCUT2D eigenvalue weighted by Crippen LogP contribution is -2.49. The number of carbonyl (C=O) groups excluding carboxylic acids is 1. The molecule has 2 aromatic rings. The molecule has 2 aliphatic heterocycles. The first-order valence-corrected chi connectivity index (χ1v) is 17.8. The van der Waals surface area contributed by atoms with Gasteiger partial charge in [0.15, 0.2) is 0 Å². The van der Waals surface area contributed by atoms with Gasteiger partial charge in [-0.15, -0.1) is 0 Å². The van der Waals surface area contributed by atoms with Gasteiger partial charge in [-0.25, -0.2) is 13.1 Å².